The molecule has 5 nitrogen and oxygen atoms in total. The predicted molar refractivity (Wildman–Crippen MR) is 88.1 cm³/mol. The molecule has 7 heteroatoms. The van der Waals surface area contributed by atoms with E-state index in [0.717, 1.165) is 18.4 Å². The van der Waals surface area contributed by atoms with Gasteiger partial charge in [0.25, 0.3) is 0 Å². The first-order chi connectivity index (χ1) is 11.5. The number of benzene rings is 1. The van der Waals surface area contributed by atoms with Crippen molar-refractivity contribution >= 4 is 13.1 Å². The van der Waals surface area contributed by atoms with Crippen LogP contribution in [0.25, 0.3) is 0 Å². The monoisotopic (exact) mass is 335 g/mol. The summed E-state index contributed by atoms with van der Waals surface area (Å²) in [6.45, 7) is 0.428. The van der Waals surface area contributed by atoms with Crippen molar-refractivity contribution in [2.75, 3.05) is 0 Å². The summed E-state index contributed by atoms with van der Waals surface area (Å²) in [6, 6.07) is 3.65. The lowest BCUT2D eigenvalue weighted by molar-refractivity contribution is -0.139. The van der Waals surface area contributed by atoms with Crippen molar-refractivity contribution in [1.82, 2.24) is 5.32 Å². The van der Waals surface area contributed by atoms with Crippen molar-refractivity contribution in [3.05, 3.63) is 34.6 Å². The van der Waals surface area contributed by atoms with Crippen LogP contribution in [0.3, 0.4) is 0 Å². The molecule has 1 saturated carbocycles. The van der Waals surface area contributed by atoms with Gasteiger partial charge in [-0.3, -0.25) is 4.79 Å². The molecule has 0 amide bonds. The van der Waals surface area contributed by atoms with Crippen LogP contribution in [0.4, 0.5) is 4.39 Å². The molecule has 0 radical (unpaired) electrons. The number of halogens is 1. The lowest BCUT2D eigenvalue weighted by atomic mass is 9.80. The second-order valence-corrected chi connectivity index (χ2v) is 6.99. The van der Waals surface area contributed by atoms with Gasteiger partial charge in [-0.05, 0) is 55.1 Å². The van der Waals surface area contributed by atoms with E-state index in [4.69, 9.17) is 10.0 Å². The minimum atomic E-state index is -1.37. The average Bonchev–Trinajstić information content (AvgIpc) is 3.25. The maximum absolute atomic E-state index is 14.3. The minimum Gasteiger partial charge on any atom is -0.481 e. The van der Waals surface area contributed by atoms with Crippen molar-refractivity contribution in [1.29, 1.82) is 0 Å². The molecule has 0 aliphatic heterocycles. The quantitative estimate of drug-likeness (QED) is 0.543. The van der Waals surface area contributed by atoms with Crippen LogP contribution in [0, 0.1) is 11.7 Å². The van der Waals surface area contributed by atoms with Crippen LogP contribution in [0.1, 0.15) is 48.3 Å². The smallest absolute Gasteiger partial charge is 0.451 e. The molecule has 3 rings (SSSR count). The molecule has 1 fully saturated rings. The summed E-state index contributed by atoms with van der Waals surface area (Å²) in [5, 5.41) is 30.8. The largest absolute Gasteiger partial charge is 0.481 e. The number of rotatable bonds is 8. The fourth-order valence-electron chi connectivity index (χ4n) is 3.64. The van der Waals surface area contributed by atoms with E-state index < -0.39 is 19.0 Å². The topological polar surface area (TPSA) is 89.8 Å². The van der Waals surface area contributed by atoms with Gasteiger partial charge in [0.1, 0.15) is 5.82 Å². The number of hydrogen-bond acceptors (Lipinski definition) is 4. The summed E-state index contributed by atoms with van der Waals surface area (Å²) in [5.74, 6) is -1.94. The molecule has 2 aliphatic rings. The first-order valence-electron chi connectivity index (χ1n) is 8.59. The molecule has 0 spiro atoms. The highest BCUT2D eigenvalue weighted by atomic mass is 19.1. The molecule has 0 unspecified atom stereocenters. The molecule has 24 heavy (non-hydrogen) atoms. The van der Waals surface area contributed by atoms with Gasteiger partial charge in [0.05, 0.1) is 5.92 Å². The Morgan fingerprint density at radius 2 is 2.08 bits per heavy atom. The zero-order chi connectivity index (χ0) is 17.3. The van der Waals surface area contributed by atoms with Crippen molar-refractivity contribution in [3.8, 4) is 0 Å². The van der Waals surface area contributed by atoms with Crippen LogP contribution in [0.2, 0.25) is 6.32 Å². The molecule has 1 aromatic rings. The fraction of sp³-hybridized carbons (Fsp3) is 0.588. The van der Waals surface area contributed by atoms with Crippen molar-refractivity contribution in [3.63, 3.8) is 0 Å². The Balaban J connectivity index is 1.75. The van der Waals surface area contributed by atoms with Crippen molar-refractivity contribution < 1.29 is 24.3 Å². The molecule has 2 atom stereocenters. The molecule has 2 aliphatic carbocycles. The Labute approximate surface area is 141 Å². The van der Waals surface area contributed by atoms with Gasteiger partial charge in [0, 0.05) is 18.2 Å². The van der Waals surface area contributed by atoms with Gasteiger partial charge in [-0.2, -0.15) is 0 Å². The maximum Gasteiger partial charge on any atom is 0.451 e. The third-order valence-corrected chi connectivity index (χ3v) is 5.06. The zero-order valence-corrected chi connectivity index (χ0v) is 13.5. The standard InChI is InChI=1S/C17H23BFNO4/c19-15-8-11-6-10(2-1-5-18(23)24)16(17(21)22)14(11)7-12(15)9-20-13-3-4-13/h7-8,10,13,16,20,23-24H,1-6,9H2,(H,21,22)/t10-,16-/m0/s1. The van der Waals surface area contributed by atoms with Gasteiger partial charge in [-0.25, -0.2) is 4.39 Å². The second kappa shape index (κ2) is 7.21. The molecule has 0 heterocycles. The Kier molecular flexibility index (Phi) is 5.22. The first kappa shape index (κ1) is 17.4. The summed E-state index contributed by atoms with van der Waals surface area (Å²) in [5.41, 5.74) is 2.01. The molecule has 1 aromatic carbocycles. The number of carboxylic acid groups (broad SMARTS) is 1. The predicted octanol–water partition coefficient (Wildman–Crippen LogP) is 1.67. The highest BCUT2D eigenvalue weighted by Gasteiger charge is 2.38. The van der Waals surface area contributed by atoms with Gasteiger partial charge in [0.15, 0.2) is 0 Å². The summed E-state index contributed by atoms with van der Waals surface area (Å²) >= 11 is 0. The van der Waals surface area contributed by atoms with Gasteiger partial charge in [-0.1, -0.05) is 12.5 Å². The maximum atomic E-state index is 14.3. The van der Waals surface area contributed by atoms with E-state index in [1.165, 1.54) is 6.07 Å². The van der Waals surface area contributed by atoms with Gasteiger partial charge < -0.3 is 20.5 Å². The third-order valence-electron chi connectivity index (χ3n) is 5.06. The van der Waals surface area contributed by atoms with E-state index in [1.807, 2.05) is 0 Å². The molecule has 130 valence electrons. The number of nitrogens with one attached hydrogen (secondary N) is 1. The van der Waals surface area contributed by atoms with Gasteiger partial charge >= 0.3 is 13.1 Å². The Bertz CT molecular complexity index is 621. The Morgan fingerprint density at radius 3 is 2.71 bits per heavy atom. The molecular formula is C17H23BFNO4. The van der Waals surface area contributed by atoms with E-state index in [1.54, 1.807) is 6.07 Å². The van der Waals surface area contributed by atoms with Crippen LogP contribution in [-0.2, 0) is 17.8 Å². The van der Waals surface area contributed by atoms with Gasteiger partial charge in [-0.15, -0.1) is 0 Å². The van der Waals surface area contributed by atoms with Crippen LogP contribution >= 0.6 is 0 Å². The van der Waals surface area contributed by atoms with E-state index >= 15 is 0 Å². The number of carbonyl (C=O) groups is 1. The average molecular weight is 335 g/mol. The summed E-state index contributed by atoms with van der Waals surface area (Å²) < 4.78 is 14.3. The van der Waals surface area contributed by atoms with Gasteiger partial charge in [0.2, 0.25) is 0 Å². The van der Waals surface area contributed by atoms with E-state index in [0.29, 0.717) is 43.0 Å². The highest BCUT2D eigenvalue weighted by Crippen LogP contribution is 2.42. The normalized spacial score (nSPS) is 22.5. The second-order valence-electron chi connectivity index (χ2n) is 6.99. The molecular weight excluding hydrogens is 312 g/mol. The number of fused-ring (bicyclic) bond motifs is 1. The van der Waals surface area contributed by atoms with Crippen LogP contribution in [0.5, 0.6) is 0 Å². The Morgan fingerprint density at radius 1 is 1.33 bits per heavy atom. The van der Waals surface area contributed by atoms with Crippen molar-refractivity contribution in [2.45, 2.75) is 56.9 Å². The molecule has 4 N–H and O–H groups in total. The van der Waals surface area contributed by atoms with E-state index in [9.17, 15) is 14.3 Å². The number of aliphatic carboxylic acids is 1. The minimum absolute atomic E-state index is 0.123. The number of carboxylic acids is 1. The summed E-state index contributed by atoms with van der Waals surface area (Å²) in [7, 11) is -1.37. The summed E-state index contributed by atoms with van der Waals surface area (Å²) in [6.07, 6.45) is 4.11. The molecule has 0 saturated heterocycles. The highest BCUT2D eigenvalue weighted by molar-refractivity contribution is 6.40. The fourth-order valence-corrected chi connectivity index (χ4v) is 3.64. The van der Waals surface area contributed by atoms with Crippen molar-refractivity contribution in [2.24, 2.45) is 5.92 Å². The zero-order valence-electron chi connectivity index (χ0n) is 13.5. The van der Waals surface area contributed by atoms with E-state index in [-0.39, 0.29) is 18.1 Å². The summed E-state index contributed by atoms with van der Waals surface area (Å²) in [4.78, 5) is 11.7. The van der Waals surface area contributed by atoms with Crippen LogP contribution < -0.4 is 5.32 Å². The Hall–Kier alpha value is -1.44. The lowest BCUT2D eigenvalue weighted by Gasteiger charge is -2.16. The molecule has 0 aromatic heterocycles. The third kappa shape index (κ3) is 3.96. The van der Waals surface area contributed by atoms with Crippen LogP contribution in [-0.4, -0.2) is 34.3 Å². The molecule has 0 bridgehead atoms. The number of hydrogen-bond donors (Lipinski definition) is 4. The SMILES string of the molecule is O=C(O)[C@@H]1c2cc(CNC3CC3)c(F)cc2C[C@@H]1CCCB(O)O. The van der Waals surface area contributed by atoms with Crippen LogP contribution in [0.15, 0.2) is 12.1 Å². The van der Waals surface area contributed by atoms with E-state index in [2.05, 4.69) is 5.32 Å². The first-order valence-corrected chi connectivity index (χ1v) is 8.59. The lowest BCUT2D eigenvalue weighted by Crippen LogP contribution is -2.19.